The number of benzene rings is 1. The first-order chi connectivity index (χ1) is 11.1. The third-order valence-corrected chi connectivity index (χ3v) is 4.65. The van der Waals surface area contributed by atoms with E-state index in [0.717, 1.165) is 43.5 Å². The number of nitrogens with one attached hydrogen (secondary N) is 3. The van der Waals surface area contributed by atoms with Gasteiger partial charge in [0.25, 0.3) is 0 Å². The van der Waals surface area contributed by atoms with Gasteiger partial charge in [0, 0.05) is 24.2 Å². The maximum absolute atomic E-state index is 12.1. The van der Waals surface area contributed by atoms with Crippen LogP contribution in [0, 0.1) is 0 Å². The summed E-state index contributed by atoms with van der Waals surface area (Å²) < 4.78 is 0. The summed E-state index contributed by atoms with van der Waals surface area (Å²) in [7, 11) is 0. The second-order valence-corrected chi connectivity index (χ2v) is 6.71. The standard InChI is InChI=1S/C18H25N3O2/c1-12-9-15(7-8-19-12)20-17(22)4-2-3-13-5-6-16-14(10-13)11-18(23)21-16/h5-6,10,12,15,19H,2-4,7-9,11H2,1H3,(H,20,22)(H,21,23). The van der Waals surface area contributed by atoms with Crippen molar-refractivity contribution in [3.8, 4) is 0 Å². The van der Waals surface area contributed by atoms with Gasteiger partial charge < -0.3 is 16.0 Å². The molecule has 1 fully saturated rings. The highest BCUT2D eigenvalue weighted by Gasteiger charge is 2.20. The van der Waals surface area contributed by atoms with Crippen LogP contribution in [0.5, 0.6) is 0 Å². The van der Waals surface area contributed by atoms with Gasteiger partial charge in [-0.25, -0.2) is 0 Å². The van der Waals surface area contributed by atoms with Crippen molar-refractivity contribution in [1.29, 1.82) is 0 Å². The highest BCUT2D eigenvalue weighted by molar-refractivity contribution is 5.99. The van der Waals surface area contributed by atoms with Crippen LogP contribution in [-0.2, 0) is 22.4 Å². The lowest BCUT2D eigenvalue weighted by molar-refractivity contribution is -0.122. The van der Waals surface area contributed by atoms with Crippen molar-refractivity contribution >= 4 is 17.5 Å². The number of aryl methyl sites for hydroxylation is 1. The first-order valence-electron chi connectivity index (χ1n) is 8.54. The second-order valence-electron chi connectivity index (χ2n) is 6.71. The molecule has 23 heavy (non-hydrogen) atoms. The number of hydrogen-bond acceptors (Lipinski definition) is 3. The molecule has 0 saturated carbocycles. The van der Waals surface area contributed by atoms with Crippen LogP contribution in [0.2, 0.25) is 0 Å². The van der Waals surface area contributed by atoms with Crippen molar-refractivity contribution < 1.29 is 9.59 Å². The summed E-state index contributed by atoms with van der Waals surface area (Å²) >= 11 is 0. The first kappa shape index (κ1) is 16.0. The molecule has 2 heterocycles. The fraction of sp³-hybridized carbons (Fsp3) is 0.556. The van der Waals surface area contributed by atoms with Crippen molar-refractivity contribution in [1.82, 2.24) is 10.6 Å². The van der Waals surface area contributed by atoms with E-state index in [1.165, 1.54) is 5.56 Å². The van der Waals surface area contributed by atoms with Gasteiger partial charge in [0.15, 0.2) is 0 Å². The Kier molecular flexibility index (Phi) is 4.96. The molecule has 0 aliphatic carbocycles. The van der Waals surface area contributed by atoms with Crippen molar-refractivity contribution in [2.75, 3.05) is 11.9 Å². The summed E-state index contributed by atoms with van der Waals surface area (Å²) in [5, 5.41) is 9.38. The minimum absolute atomic E-state index is 0.0627. The van der Waals surface area contributed by atoms with Crippen LogP contribution in [-0.4, -0.2) is 30.4 Å². The van der Waals surface area contributed by atoms with Gasteiger partial charge in [0.05, 0.1) is 6.42 Å². The van der Waals surface area contributed by atoms with E-state index in [1.54, 1.807) is 0 Å². The smallest absolute Gasteiger partial charge is 0.228 e. The maximum atomic E-state index is 12.1. The van der Waals surface area contributed by atoms with E-state index in [-0.39, 0.29) is 11.8 Å². The summed E-state index contributed by atoms with van der Waals surface area (Å²) in [4.78, 5) is 23.4. The SMILES string of the molecule is CC1CC(NC(=O)CCCc2ccc3c(c2)CC(=O)N3)CCN1. The summed E-state index contributed by atoms with van der Waals surface area (Å²) in [5.74, 6) is 0.217. The molecule has 1 saturated heterocycles. The zero-order chi connectivity index (χ0) is 16.2. The van der Waals surface area contributed by atoms with Gasteiger partial charge in [-0.2, -0.15) is 0 Å². The Bertz CT molecular complexity index is 600. The Hall–Kier alpha value is -1.88. The fourth-order valence-electron chi connectivity index (χ4n) is 3.45. The molecule has 3 N–H and O–H groups in total. The Balaban J connectivity index is 1.42. The summed E-state index contributed by atoms with van der Waals surface area (Å²) in [6.07, 6.45) is 4.77. The number of hydrogen-bond donors (Lipinski definition) is 3. The molecule has 0 bridgehead atoms. The summed E-state index contributed by atoms with van der Waals surface area (Å²) in [6.45, 7) is 3.14. The number of amides is 2. The van der Waals surface area contributed by atoms with E-state index in [4.69, 9.17) is 0 Å². The Morgan fingerprint density at radius 3 is 3.09 bits per heavy atom. The zero-order valence-electron chi connectivity index (χ0n) is 13.7. The van der Waals surface area contributed by atoms with Crippen molar-refractivity contribution in [3.63, 3.8) is 0 Å². The van der Waals surface area contributed by atoms with Gasteiger partial charge in [0.1, 0.15) is 0 Å². The van der Waals surface area contributed by atoms with Crippen LogP contribution in [0.15, 0.2) is 18.2 Å². The van der Waals surface area contributed by atoms with Gasteiger partial charge in [-0.3, -0.25) is 9.59 Å². The molecule has 124 valence electrons. The van der Waals surface area contributed by atoms with Gasteiger partial charge in [-0.15, -0.1) is 0 Å². The lowest BCUT2D eigenvalue weighted by Gasteiger charge is -2.28. The molecule has 3 rings (SSSR count). The van der Waals surface area contributed by atoms with Crippen LogP contribution in [0.4, 0.5) is 5.69 Å². The van der Waals surface area contributed by atoms with Crippen molar-refractivity contribution in [2.24, 2.45) is 0 Å². The molecule has 0 radical (unpaired) electrons. The average Bonchev–Trinajstić information content (AvgIpc) is 2.86. The third-order valence-electron chi connectivity index (χ3n) is 4.65. The van der Waals surface area contributed by atoms with Gasteiger partial charge in [0.2, 0.25) is 11.8 Å². The van der Waals surface area contributed by atoms with E-state index in [0.29, 0.717) is 24.9 Å². The van der Waals surface area contributed by atoms with E-state index >= 15 is 0 Å². The van der Waals surface area contributed by atoms with Crippen LogP contribution in [0.25, 0.3) is 0 Å². The predicted octanol–water partition coefficient (Wildman–Crippen LogP) is 1.76. The number of carbonyl (C=O) groups is 2. The number of carbonyl (C=O) groups excluding carboxylic acids is 2. The maximum Gasteiger partial charge on any atom is 0.228 e. The highest BCUT2D eigenvalue weighted by Crippen LogP contribution is 2.24. The Labute approximate surface area is 137 Å². The molecule has 1 aromatic carbocycles. The van der Waals surface area contributed by atoms with Crippen LogP contribution in [0.3, 0.4) is 0 Å². The number of piperidine rings is 1. The number of fused-ring (bicyclic) bond motifs is 1. The summed E-state index contributed by atoms with van der Waals surface area (Å²) in [6, 6.07) is 6.88. The Morgan fingerprint density at radius 1 is 1.39 bits per heavy atom. The lowest BCUT2D eigenvalue weighted by atomic mass is 10.00. The minimum atomic E-state index is 0.0627. The second kappa shape index (κ2) is 7.13. The van der Waals surface area contributed by atoms with Crippen LogP contribution >= 0.6 is 0 Å². The Morgan fingerprint density at radius 2 is 2.26 bits per heavy atom. The molecular formula is C18H25N3O2. The van der Waals surface area contributed by atoms with E-state index < -0.39 is 0 Å². The zero-order valence-corrected chi connectivity index (χ0v) is 13.7. The van der Waals surface area contributed by atoms with Crippen molar-refractivity contribution in [2.45, 2.75) is 57.5 Å². The van der Waals surface area contributed by atoms with Gasteiger partial charge in [-0.05, 0) is 56.3 Å². The average molecular weight is 315 g/mol. The van der Waals surface area contributed by atoms with Gasteiger partial charge in [-0.1, -0.05) is 12.1 Å². The third kappa shape index (κ3) is 4.32. The minimum Gasteiger partial charge on any atom is -0.353 e. The molecule has 5 nitrogen and oxygen atoms in total. The molecule has 2 aliphatic rings. The molecule has 0 aromatic heterocycles. The van der Waals surface area contributed by atoms with Crippen LogP contribution < -0.4 is 16.0 Å². The topological polar surface area (TPSA) is 70.2 Å². The predicted molar refractivity (Wildman–Crippen MR) is 90.3 cm³/mol. The molecule has 0 spiro atoms. The highest BCUT2D eigenvalue weighted by atomic mass is 16.2. The molecule has 2 aliphatic heterocycles. The summed E-state index contributed by atoms with van der Waals surface area (Å²) in [5.41, 5.74) is 3.20. The molecule has 2 amide bonds. The van der Waals surface area contributed by atoms with Gasteiger partial charge >= 0.3 is 0 Å². The molecule has 5 heteroatoms. The van der Waals surface area contributed by atoms with Crippen LogP contribution in [0.1, 0.15) is 43.7 Å². The first-order valence-corrected chi connectivity index (χ1v) is 8.54. The molecular weight excluding hydrogens is 290 g/mol. The molecule has 2 unspecified atom stereocenters. The largest absolute Gasteiger partial charge is 0.353 e. The van der Waals surface area contributed by atoms with E-state index in [1.807, 2.05) is 12.1 Å². The molecule has 2 atom stereocenters. The number of rotatable bonds is 5. The van der Waals surface area contributed by atoms with E-state index in [2.05, 4.69) is 28.9 Å². The lowest BCUT2D eigenvalue weighted by Crippen LogP contribution is -2.46. The fourth-order valence-corrected chi connectivity index (χ4v) is 3.45. The number of anilines is 1. The molecule has 1 aromatic rings. The van der Waals surface area contributed by atoms with E-state index in [9.17, 15) is 9.59 Å². The normalized spacial score (nSPS) is 23.3. The quantitative estimate of drug-likeness (QED) is 0.775. The van der Waals surface area contributed by atoms with Crippen molar-refractivity contribution in [3.05, 3.63) is 29.3 Å². The monoisotopic (exact) mass is 315 g/mol.